The molecule has 2 aromatic rings. The standard InChI is InChI=1S/C16H17N3O5/c1-22-14-8-7-11(15(23-2)16(14)24-3)10-17-18-12-5-4-6-13(9-12)19(20)21/h4-10,18H,1-3H3/b17-10-. The summed E-state index contributed by atoms with van der Waals surface area (Å²) in [7, 11) is 4.57. The predicted molar refractivity (Wildman–Crippen MR) is 90.4 cm³/mol. The number of hydrogen-bond donors (Lipinski definition) is 1. The van der Waals surface area contributed by atoms with Crippen LogP contribution >= 0.6 is 0 Å². The van der Waals surface area contributed by atoms with Gasteiger partial charge >= 0.3 is 0 Å². The third-order valence-corrected chi connectivity index (χ3v) is 3.19. The van der Waals surface area contributed by atoms with Crippen LogP contribution in [0.3, 0.4) is 0 Å². The van der Waals surface area contributed by atoms with E-state index < -0.39 is 4.92 Å². The zero-order valence-electron chi connectivity index (χ0n) is 13.5. The number of benzene rings is 2. The Kier molecular flexibility index (Phi) is 5.56. The molecular formula is C16H17N3O5. The average Bonchev–Trinajstić information content (AvgIpc) is 2.61. The number of non-ortho nitro benzene ring substituents is 1. The molecule has 0 saturated heterocycles. The summed E-state index contributed by atoms with van der Waals surface area (Å²) in [6.07, 6.45) is 1.53. The van der Waals surface area contributed by atoms with Crippen LogP contribution in [0, 0.1) is 10.1 Å². The second-order valence-corrected chi connectivity index (χ2v) is 4.60. The van der Waals surface area contributed by atoms with Crippen LogP contribution in [0.2, 0.25) is 0 Å². The zero-order valence-corrected chi connectivity index (χ0v) is 13.5. The number of nitro benzene ring substituents is 1. The Morgan fingerprint density at radius 2 is 1.83 bits per heavy atom. The first kappa shape index (κ1) is 17.1. The maximum atomic E-state index is 10.8. The smallest absolute Gasteiger partial charge is 0.271 e. The number of hydrazone groups is 1. The molecule has 8 heteroatoms. The third kappa shape index (κ3) is 3.72. The van der Waals surface area contributed by atoms with Gasteiger partial charge in [0.05, 0.1) is 38.2 Å². The highest BCUT2D eigenvalue weighted by atomic mass is 16.6. The Hall–Kier alpha value is -3.29. The molecule has 0 atom stereocenters. The number of nitrogens with one attached hydrogen (secondary N) is 1. The van der Waals surface area contributed by atoms with E-state index in [4.69, 9.17) is 14.2 Å². The number of ether oxygens (including phenoxy) is 3. The lowest BCUT2D eigenvalue weighted by atomic mass is 10.2. The van der Waals surface area contributed by atoms with E-state index in [1.54, 1.807) is 24.3 Å². The molecule has 0 amide bonds. The van der Waals surface area contributed by atoms with Crippen LogP contribution in [-0.2, 0) is 0 Å². The first-order valence-electron chi connectivity index (χ1n) is 6.93. The topological polar surface area (TPSA) is 95.2 Å². The molecule has 0 heterocycles. The van der Waals surface area contributed by atoms with Gasteiger partial charge in [0.25, 0.3) is 5.69 Å². The maximum Gasteiger partial charge on any atom is 0.271 e. The Morgan fingerprint density at radius 1 is 1.08 bits per heavy atom. The van der Waals surface area contributed by atoms with Gasteiger partial charge in [-0.05, 0) is 18.2 Å². The van der Waals surface area contributed by atoms with Crippen molar-refractivity contribution < 1.29 is 19.1 Å². The SMILES string of the molecule is COc1ccc(/C=N\Nc2cccc([N+](=O)[O-])c2)c(OC)c1OC. The number of hydrogen-bond acceptors (Lipinski definition) is 7. The fraction of sp³-hybridized carbons (Fsp3) is 0.188. The molecule has 0 aromatic heterocycles. The molecule has 0 aliphatic heterocycles. The van der Waals surface area contributed by atoms with Gasteiger partial charge in [-0.2, -0.15) is 5.10 Å². The molecule has 0 fully saturated rings. The predicted octanol–water partition coefficient (Wildman–Crippen LogP) is 3.07. The van der Waals surface area contributed by atoms with Gasteiger partial charge in [-0.15, -0.1) is 0 Å². The molecule has 0 unspecified atom stereocenters. The van der Waals surface area contributed by atoms with Gasteiger partial charge < -0.3 is 14.2 Å². The number of nitro groups is 1. The summed E-state index contributed by atoms with van der Waals surface area (Å²) in [5.74, 6) is 1.47. The lowest BCUT2D eigenvalue weighted by Gasteiger charge is -2.13. The minimum atomic E-state index is -0.466. The van der Waals surface area contributed by atoms with Gasteiger partial charge in [-0.25, -0.2) is 0 Å². The van der Waals surface area contributed by atoms with Gasteiger partial charge in [-0.3, -0.25) is 15.5 Å². The Balaban J connectivity index is 2.23. The van der Waals surface area contributed by atoms with Crippen molar-refractivity contribution in [1.29, 1.82) is 0 Å². The van der Waals surface area contributed by atoms with E-state index in [1.807, 2.05) is 0 Å². The normalized spacial score (nSPS) is 10.5. The van der Waals surface area contributed by atoms with Crippen LogP contribution in [-0.4, -0.2) is 32.5 Å². The second-order valence-electron chi connectivity index (χ2n) is 4.60. The molecule has 0 aliphatic carbocycles. The highest BCUT2D eigenvalue weighted by Gasteiger charge is 2.14. The zero-order chi connectivity index (χ0) is 17.5. The van der Waals surface area contributed by atoms with Crippen molar-refractivity contribution in [2.24, 2.45) is 5.10 Å². The van der Waals surface area contributed by atoms with Crippen molar-refractivity contribution in [3.63, 3.8) is 0 Å². The lowest BCUT2D eigenvalue weighted by Crippen LogP contribution is -1.99. The van der Waals surface area contributed by atoms with Gasteiger partial charge in [-0.1, -0.05) is 6.07 Å². The third-order valence-electron chi connectivity index (χ3n) is 3.19. The number of nitrogens with zero attached hydrogens (tertiary/aromatic N) is 2. The summed E-state index contributed by atoms with van der Waals surface area (Å²) in [4.78, 5) is 10.3. The van der Waals surface area contributed by atoms with Crippen LogP contribution in [0.25, 0.3) is 0 Å². The van der Waals surface area contributed by atoms with Gasteiger partial charge in [0.15, 0.2) is 11.5 Å². The van der Waals surface area contributed by atoms with E-state index in [0.717, 1.165) is 0 Å². The Labute approximate surface area is 138 Å². The Morgan fingerprint density at radius 3 is 2.46 bits per heavy atom. The van der Waals surface area contributed by atoms with Crippen molar-refractivity contribution in [2.45, 2.75) is 0 Å². The van der Waals surface area contributed by atoms with E-state index in [0.29, 0.717) is 28.5 Å². The second kappa shape index (κ2) is 7.82. The van der Waals surface area contributed by atoms with Crippen molar-refractivity contribution >= 4 is 17.6 Å². The van der Waals surface area contributed by atoms with E-state index in [9.17, 15) is 10.1 Å². The van der Waals surface area contributed by atoms with Crippen molar-refractivity contribution in [3.05, 3.63) is 52.1 Å². The van der Waals surface area contributed by atoms with E-state index in [-0.39, 0.29) is 5.69 Å². The first-order chi connectivity index (χ1) is 11.6. The molecule has 126 valence electrons. The monoisotopic (exact) mass is 331 g/mol. The molecule has 0 spiro atoms. The molecule has 2 rings (SSSR count). The molecule has 0 bridgehead atoms. The van der Waals surface area contributed by atoms with Crippen molar-refractivity contribution in [3.8, 4) is 17.2 Å². The molecule has 8 nitrogen and oxygen atoms in total. The molecule has 0 aliphatic rings. The number of rotatable bonds is 7. The van der Waals surface area contributed by atoms with Crippen LogP contribution in [0.1, 0.15) is 5.56 Å². The van der Waals surface area contributed by atoms with Crippen molar-refractivity contribution in [2.75, 3.05) is 26.8 Å². The van der Waals surface area contributed by atoms with Gasteiger partial charge in [0.2, 0.25) is 5.75 Å². The van der Waals surface area contributed by atoms with Gasteiger partial charge in [0, 0.05) is 17.7 Å². The lowest BCUT2D eigenvalue weighted by molar-refractivity contribution is -0.384. The maximum absolute atomic E-state index is 10.8. The van der Waals surface area contributed by atoms with E-state index >= 15 is 0 Å². The highest BCUT2D eigenvalue weighted by Crippen LogP contribution is 2.39. The molecule has 0 saturated carbocycles. The molecular weight excluding hydrogens is 314 g/mol. The fourth-order valence-corrected chi connectivity index (χ4v) is 2.09. The number of methoxy groups -OCH3 is 3. The van der Waals surface area contributed by atoms with E-state index in [1.165, 1.54) is 39.7 Å². The minimum Gasteiger partial charge on any atom is -0.493 e. The van der Waals surface area contributed by atoms with Crippen molar-refractivity contribution in [1.82, 2.24) is 0 Å². The van der Waals surface area contributed by atoms with E-state index in [2.05, 4.69) is 10.5 Å². The summed E-state index contributed by atoms with van der Waals surface area (Å²) in [6.45, 7) is 0. The quantitative estimate of drug-likeness (QED) is 0.476. The number of anilines is 1. The fourth-order valence-electron chi connectivity index (χ4n) is 2.09. The molecule has 1 N–H and O–H groups in total. The largest absolute Gasteiger partial charge is 0.493 e. The van der Waals surface area contributed by atoms with Crippen LogP contribution < -0.4 is 19.6 Å². The summed E-state index contributed by atoms with van der Waals surface area (Å²) >= 11 is 0. The molecule has 0 radical (unpaired) electrons. The van der Waals surface area contributed by atoms with Crippen LogP contribution in [0.4, 0.5) is 11.4 Å². The summed E-state index contributed by atoms with van der Waals surface area (Å²) < 4.78 is 15.9. The van der Waals surface area contributed by atoms with Crippen LogP contribution in [0.5, 0.6) is 17.2 Å². The average molecular weight is 331 g/mol. The van der Waals surface area contributed by atoms with Crippen LogP contribution in [0.15, 0.2) is 41.5 Å². The first-order valence-corrected chi connectivity index (χ1v) is 6.93. The Bertz CT molecular complexity index is 761. The summed E-state index contributed by atoms with van der Waals surface area (Å²) in [5.41, 5.74) is 3.89. The molecule has 2 aromatic carbocycles. The molecule has 24 heavy (non-hydrogen) atoms. The summed E-state index contributed by atoms with van der Waals surface area (Å²) in [5, 5.41) is 14.8. The minimum absolute atomic E-state index is 0.0149. The summed E-state index contributed by atoms with van der Waals surface area (Å²) in [6, 6.07) is 9.55. The van der Waals surface area contributed by atoms with Gasteiger partial charge in [0.1, 0.15) is 0 Å². The highest BCUT2D eigenvalue weighted by molar-refractivity contribution is 5.86.